The molecule has 0 saturated heterocycles. The molecule has 0 aromatic heterocycles. The largest absolute Gasteiger partial charge is 0.362 e. The Morgan fingerprint density at radius 2 is 1.95 bits per heavy atom. The maximum Gasteiger partial charge on any atom is 0.239 e. The fourth-order valence-corrected chi connectivity index (χ4v) is 2.08. The van der Waals surface area contributed by atoms with Gasteiger partial charge in [0.05, 0.1) is 6.54 Å². The Morgan fingerprint density at radius 3 is 2.55 bits per heavy atom. The van der Waals surface area contributed by atoms with Crippen LogP contribution < -0.4 is 15.5 Å². The number of carbonyl (C=O) groups excluding carboxylic acids is 1. The summed E-state index contributed by atoms with van der Waals surface area (Å²) in [6.07, 6.45) is 0. The smallest absolute Gasteiger partial charge is 0.239 e. The second kappa shape index (κ2) is 8.59. The van der Waals surface area contributed by atoms with E-state index >= 15 is 0 Å². The fourth-order valence-electron chi connectivity index (χ4n) is 2.08. The standard InChI is InChI=1S/C16H27N3O/c1-5-17-16(20)12-19(6-2)15-10-8-7-9-14(15)11-18-13(3)4/h7-10,13,18H,5-6,11-12H2,1-4H3,(H,17,20). The number of para-hydroxylation sites is 1. The van der Waals surface area contributed by atoms with Gasteiger partial charge in [0, 0.05) is 31.4 Å². The maximum absolute atomic E-state index is 11.8. The van der Waals surface area contributed by atoms with Crippen LogP contribution in [0.1, 0.15) is 33.3 Å². The van der Waals surface area contributed by atoms with Crippen molar-refractivity contribution >= 4 is 11.6 Å². The number of amides is 1. The van der Waals surface area contributed by atoms with Gasteiger partial charge in [-0.05, 0) is 25.5 Å². The molecule has 0 unspecified atom stereocenters. The van der Waals surface area contributed by atoms with Gasteiger partial charge < -0.3 is 15.5 Å². The third kappa shape index (κ3) is 5.21. The topological polar surface area (TPSA) is 44.4 Å². The van der Waals surface area contributed by atoms with Crippen LogP contribution in [-0.4, -0.2) is 31.6 Å². The Hall–Kier alpha value is -1.55. The highest BCUT2D eigenvalue weighted by Crippen LogP contribution is 2.20. The highest BCUT2D eigenvalue weighted by atomic mass is 16.2. The molecule has 20 heavy (non-hydrogen) atoms. The Labute approximate surface area is 122 Å². The lowest BCUT2D eigenvalue weighted by atomic mass is 10.1. The Kier molecular flexibility index (Phi) is 7.09. The second-order valence-electron chi connectivity index (χ2n) is 5.13. The predicted octanol–water partition coefficient (Wildman–Crippen LogP) is 2.15. The van der Waals surface area contributed by atoms with Crippen LogP contribution in [0.15, 0.2) is 24.3 Å². The molecule has 0 spiro atoms. The molecule has 0 atom stereocenters. The van der Waals surface area contributed by atoms with E-state index in [2.05, 4.69) is 48.4 Å². The van der Waals surface area contributed by atoms with E-state index in [1.807, 2.05) is 19.1 Å². The summed E-state index contributed by atoms with van der Waals surface area (Å²) in [5, 5.41) is 6.29. The third-order valence-corrected chi connectivity index (χ3v) is 3.12. The number of rotatable bonds is 8. The average molecular weight is 277 g/mol. The Balaban J connectivity index is 2.82. The summed E-state index contributed by atoms with van der Waals surface area (Å²) >= 11 is 0. The lowest BCUT2D eigenvalue weighted by Gasteiger charge is -2.25. The molecule has 4 nitrogen and oxygen atoms in total. The Bertz CT molecular complexity index is 418. The van der Waals surface area contributed by atoms with Crippen LogP contribution in [0, 0.1) is 0 Å². The average Bonchev–Trinajstić information content (AvgIpc) is 2.43. The zero-order valence-electron chi connectivity index (χ0n) is 13.1. The molecule has 0 bridgehead atoms. The van der Waals surface area contributed by atoms with Crippen molar-refractivity contribution in [3.05, 3.63) is 29.8 Å². The molecule has 1 amide bonds. The number of nitrogens with one attached hydrogen (secondary N) is 2. The molecule has 4 heteroatoms. The van der Waals surface area contributed by atoms with Gasteiger partial charge in [-0.15, -0.1) is 0 Å². The van der Waals surface area contributed by atoms with E-state index in [0.29, 0.717) is 19.1 Å². The van der Waals surface area contributed by atoms with Gasteiger partial charge in [-0.2, -0.15) is 0 Å². The molecule has 0 heterocycles. The van der Waals surface area contributed by atoms with E-state index in [4.69, 9.17) is 0 Å². The zero-order chi connectivity index (χ0) is 15.0. The van der Waals surface area contributed by atoms with E-state index in [1.54, 1.807) is 0 Å². The molecule has 0 radical (unpaired) electrons. The van der Waals surface area contributed by atoms with Crippen molar-refractivity contribution in [2.75, 3.05) is 24.5 Å². The molecular weight excluding hydrogens is 250 g/mol. The van der Waals surface area contributed by atoms with Crippen LogP contribution in [0.2, 0.25) is 0 Å². The summed E-state index contributed by atoms with van der Waals surface area (Å²) in [4.78, 5) is 13.9. The lowest BCUT2D eigenvalue weighted by molar-refractivity contribution is -0.119. The van der Waals surface area contributed by atoms with Crippen LogP contribution in [-0.2, 0) is 11.3 Å². The number of nitrogens with zero attached hydrogens (tertiary/aromatic N) is 1. The van der Waals surface area contributed by atoms with Gasteiger partial charge in [-0.3, -0.25) is 4.79 Å². The summed E-state index contributed by atoms with van der Waals surface area (Å²) in [6.45, 7) is 11.0. The van der Waals surface area contributed by atoms with Crippen LogP contribution in [0.25, 0.3) is 0 Å². The zero-order valence-corrected chi connectivity index (χ0v) is 13.1. The van der Waals surface area contributed by atoms with Gasteiger partial charge in [0.1, 0.15) is 0 Å². The van der Waals surface area contributed by atoms with Gasteiger partial charge in [0.2, 0.25) is 5.91 Å². The normalized spacial score (nSPS) is 10.7. The minimum absolute atomic E-state index is 0.0703. The summed E-state index contributed by atoms with van der Waals surface area (Å²) < 4.78 is 0. The van der Waals surface area contributed by atoms with Gasteiger partial charge in [-0.1, -0.05) is 32.0 Å². The van der Waals surface area contributed by atoms with Gasteiger partial charge >= 0.3 is 0 Å². The quantitative estimate of drug-likeness (QED) is 0.765. The first-order valence-corrected chi connectivity index (χ1v) is 7.41. The van der Waals surface area contributed by atoms with Crippen LogP contribution in [0.5, 0.6) is 0 Å². The lowest BCUT2D eigenvalue weighted by Crippen LogP contribution is -2.37. The van der Waals surface area contributed by atoms with Crippen molar-refractivity contribution < 1.29 is 4.79 Å². The van der Waals surface area contributed by atoms with E-state index in [-0.39, 0.29) is 5.91 Å². The molecule has 0 aliphatic carbocycles. The van der Waals surface area contributed by atoms with E-state index in [9.17, 15) is 4.79 Å². The molecule has 1 aromatic carbocycles. The van der Waals surface area contributed by atoms with Gasteiger partial charge in [-0.25, -0.2) is 0 Å². The highest BCUT2D eigenvalue weighted by molar-refractivity contribution is 5.81. The molecule has 0 aliphatic rings. The van der Waals surface area contributed by atoms with Crippen LogP contribution in [0.3, 0.4) is 0 Å². The number of likely N-dealkylation sites (N-methyl/N-ethyl adjacent to an activating group) is 2. The first-order valence-electron chi connectivity index (χ1n) is 7.41. The number of hydrogen-bond acceptors (Lipinski definition) is 3. The molecule has 112 valence electrons. The molecule has 0 fully saturated rings. The minimum Gasteiger partial charge on any atom is -0.362 e. The SMILES string of the molecule is CCNC(=O)CN(CC)c1ccccc1CNC(C)C. The van der Waals surface area contributed by atoms with E-state index in [0.717, 1.165) is 18.8 Å². The molecule has 0 saturated carbocycles. The van der Waals surface area contributed by atoms with Crippen molar-refractivity contribution in [1.82, 2.24) is 10.6 Å². The van der Waals surface area contributed by atoms with Crippen molar-refractivity contribution in [2.24, 2.45) is 0 Å². The van der Waals surface area contributed by atoms with Crippen LogP contribution >= 0.6 is 0 Å². The molecule has 2 N–H and O–H groups in total. The second-order valence-corrected chi connectivity index (χ2v) is 5.13. The summed E-state index contributed by atoms with van der Waals surface area (Å²) in [6, 6.07) is 8.71. The number of hydrogen-bond donors (Lipinski definition) is 2. The highest BCUT2D eigenvalue weighted by Gasteiger charge is 2.12. The number of anilines is 1. The third-order valence-electron chi connectivity index (χ3n) is 3.12. The minimum atomic E-state index is 0.0703. The van der Waals surface area contributed by atoms with Crippen LogP contribution in [0.4, 0.5) is 5.69 Å². The van der Waals surface area contributed by atoms with E-state index in [1.165, 1.54) is 5.56 Å². The molecule has 1 rings (SSSR count). The van der Waals surface area contributed by atoms with Gasteiger partial charge in [0.15, 0.2) is 0 Å². The molecular formula is C16H27N3O. The molecule has 0 aliphatic heterocycles. The maximum atomic E-state index is 11.8. The van der Waals surface area contributed by atoms with Crippen molar-refractivity contribution in [1.29, 1.82) is 0 Å². The van der Waals surface area contributed by atoms with E-state index < -0.39 is 0 Å². The summed E-state index contributed by atoms with van der Waals surface area (Å²) in [5.74, 6) is 0.0703. The van der Waals surface area contributed by atoms with Crippen molar-refractivity contribution in [2.45, 2.75) is 40.3 Å². The number of benzene rings is 1. The molecule has 1 aromatic rings. The summed E-state index contributed by atoms with van der Waals surface area (Å²) in [7, 11) is 0. The van der Waals surface area contributed by atoms with Gasteiger partial charge in [0.25, 0.3) is 0 Å². The predicted molar refractivity (Wildman–Crippen MR) is 85.0 cm³/mol. The summed E-state index contributed by atoms with van der Waals surface area (Å²) in [5.41, 5.74) is 2.36. The Morgan fingerprint density at radius 1 is 1.25 bits per heavy atom. The number of carbonyl (C=O) groups is 1. The first-order chi connectivity index (χ1) is 9.58. The fraction of sp³-hybridized carbons (Fsp3) is 0.562. The monoisotopic (exact) mass is 277 g/mol. The van der Waals surface area contributed by atoms with Crippen molar-refractivity contribution in [3.63, 3.8) is 0 Å². The van der Waals surface area contributed by atoms with Crippen molar-refractivity contribution in [3.8, 4) is 0 Å². The first kappa shape index (κ1) is 16.5.